The van der Waals surface area contributed by atoms with Crippen molar-refractivity contribution < 1.29 is 22.0 Å². The van der Waals surface area contributed by atoms with Gasteiger partial charge in [0.15, 0.2) is 0 Å². The highest BCUT2D eigenvalue weighted by atomic mass is 19.3. The number of aromatic nitrogens is 7. The van der Waals surface area contributed by atoms with Gasteiger partial charge in [-0.3, -0.25) is 0 Å². The number of pyridine rings is 1. The van der Waals surface area contributed by atoms with Crippen molar-refractivity contribution in [3.05, 3.63) is 65.6 Å². The van der Waals surface area contributed by atoms with Gasteiger partial charge in [0.25, 0.3) is 11.8 Å². The van der Waals surface area contributed by atoms with Crippen LogP contribution in [0, 0.1) is 11.6 Å². The molecule has 172 valence electrons. The second-order valence-corrected chi connectivity index (χ2v) is 7.17. The van der Waals surface area contributed by atoms with Gasteiger partial charge in [-0.25, -0.2) is 13.8 Å². The predicted octanol–water partition coefficient (Wildman–Crippen LogP) is 4.24. The third-order valence-electron chi connectivity index (χ3n) is 4.96. The summed E-state index contributed by atoms with van der Waals surface area (Å²) < 4.78 is 59.1. The Kier molecular flexibility index (Phi) is 5.36. The smallest absolute Gasteiger partial charge is 0.314 e. The van der Waals surface area contributed by atoms with Crippen LogP contribution in [-0.2, 0) is 6.54 Å². The molecule has 0 saturated heterocycles. The molecule has 0 aliphatic heterocycles. The van der Waals surface area contributed by atoms with Gasteiger partial charge >= 0.3 is 6.43 Å². The van der Waals surface area contributed by atoms with E-state index >= 15 is 0 Å². The summed E-state index contributed by atoms with van der Waals surface area (Å²) in [5.74, 6) is -2.26. The Morgan fingerprint density at radius 3 is 2.62 bits per heavy atom. The third-order valence-corrected chi connectivity index (χ3v) is 4.96. The van der Waals surface area contributed by atoms with E-state index in [0.29, 0.717) is 11.4 Å². The molecule has 5 rings (SSSR count). The fourth-order valence-corrected chi connectivity index (χ4v) is 3.29. The molecule has 0 fully saturated rings. The van der Waals surface area contributed by atoms with Gasteiger partial charge in [0, 0.05) is 23.6 Å². The first-order valence-corrected chi connectivity index (χ1v) is 9.88. The standard InChI is InChI=1S/C21H14F4N8O/c1-26-17-5-3-10-6-11(2-4-16(10)27-17)19-28-32-33(31-19)9-12-7-15(23)13(8-14(12)22)20-29-30-21(34-20)18(24)25/h2-8,18H,9H2,1H3,(H,26,27). The average molecular weight is 470 g/mol. The number of fused-ring (bicyclic) bond motifs is 1. The van der Waals surface area contributed by atoms with Gasteiger partial charge in [-0.2, -0.15) is 13.6 Å². The normalized spacial score (nSPS) is 11.5. The monoisotopic (exact) mass is 470 g/mol. The van der Waals surface area contributed by atoms with E-state index in [2.05, 4.69) is 35.9 Å². The third kappa shape index (κ3) is 4.02. The first-order valence-electron chi connectivity index (χ1n) is 9.88. The van der Waals surface area contributed by atoms with Crippen molar-refractivity contribution in [3.63, 3.8) is 0 Å². The van der Waals surface area contributed by atoms with Crippen molar-refractivity contribution >= 4 is 16.7 Å². The Labute approximate surface area is 188 Å². The summed E-state index contributed by atoms with van der Waals surface area (Å²) in [6.45, 7) is -0.219. The van der Waals surface area contributed by atoms with Gasteiger partial charge in [-0.15, -0.1) is 20.4 Å². The number of alkyl halides is 2. The highest BCUT2D eigenvalue weighted by Gasteiger charge is 2.21. The van der Waals surface area contributed by atoms with Crippen LogP contribution in [0.4, 0.5) is 23.4 Å². The fraction of sp³-hybridized carbons (Fsp3) is 0.143. The minimum atomic E-state index is -3.02. The topological polar surface area (TPSA) is 107 Å². The largest absolute Gasteiger partial charge is 0.415 e. The molecule has 3 heterocycles. The molecule has 2 aromatic carbocycles. The molecule has 0 spiro atoms. The number of benzene rings is 2. The van der Waals surface area contributed by atoms with E-state index in [1.54, 1.807) is 13.1 Å². The lowest BCUT2D eigenvalue weighted by Crippen LogP contribution is -2.07. The Balaban J connectivity index is 1.39. The summed E-state index contributed by atoms with van der Waals surface area (Å²) in [5, 5.41) is 22.4. The second-order valence-electron chi connectivity index (χ2n) is 7.17. The van der Waals surface area contributed by atoms with Gasteiger partial charge in [0.2, 0.25) is 5.82 Å². The molecule has 0 unspecified atom stereocenters. The van der Waals surface area contributed by atoms with Crippen LogP contribution >= 0.6 is 0 Å². The summed E-state index contributed by atoms with van der Waals surface area (Å²) in [5.41, 5.74) is 0.939. The molecule has 0 atom stereocenters. The number of tetrazole rings is 1. The summed E-state index contributed by atoms with van der Waals surface area (Å²) in [4.78, 5) is 5.56. The summed E-state index contributed by atoms with van der Waals surface area (Å²) >= 11 is 0. The molecule has 9 nitrogen and oxygen atoms in total. The van der Waals surface area contributed by atoms with Crippen molar-refractivity contribution in [1.29, 1.82) is 0 Å². The Bertz CT molecular complexity index is 1500. The number of anilines is 1. The lowest BCUT2D eigenvalue weighted by atomic mass is 10.1. The number of nitrogens with one attached hydrogen (secondary N) is 1. The Morgan fingerprint density at radius 1 is 1.00 bits per heavy atom. The van der Waals surface area contributed by atoms with Crippen molar-refractivity contribution in [3.8, 4) is 22.8 Å². The zero-order valence-electron chi connectivity index (χ0n) is 17.4. The summed E-state index contributed by atoms with van der Waals surface area (Å²) in [6.07, 6.45) is -3.02. The molecular formula is C21H14F4N8O. The molecule has 34 heavy (non-hydrogen) atoms. The van der Waals surface area contributed by atoms with E-state index < -0.39 is 35.4 Å². The van der Waals surface area contributed by atoms with Gasteiger partial charge in [0.1, 0.15) is 17.5 Å². The van der Waals surface area contributed by atoms with E-state index in [-0.39, 0.29) is 12.1 Å². The SMILES string of the molecule is CNc1ccc2cc(-c3nnn(Cc4cc(F)c(-c5nnc(C(F)F)o5)cc4F)n3)ccc2n1. The fourth-order valence-electron chi connectivity index (χ4n) is 3.29. The minimum absolute atomic E-state index is 0.0823. The van der Waals surface area contributed by atoms with Crippen LogP contribution in [0.2, 0.25) is 0 Å². The molecule has 1 N–H and O–H groups in total. The van der Waals surface area contributed by atoms with E-state index in [1.807, 2.05) is 24.3 Å². The van der Waals surface area contributed by atoms with Gasteiger partial charge in [0.05, 0.1) is 17.6 Å². The molecule has 0 bridgehead atoms. The van der Waals surface area contributed by atoms with E-state index in [9.17, 15) is 17.6 Å². The van der Waals surface area contributed by atoms with E-state index in [0.717, 1.165) is 33.7 Å². The highest BCUT2D eigenvalue weighted by Crippen LogP contribution is 2.28. The molecule has 13 heteroatoms. The number of rotatable bonds is 6. The Morgan fingerprint density at radius 2 is 1.85 bits per heavy atom. The first kappa shape index (κ1) is 21.4. The van der Waals surface area contributed by atoms with Crippen LogP contribution in [0.3, 0.4) is 0 Å². The van der Waals surface area contributed by atoms with Gasteiger partial charge in [-0.05, 0) is 47.7 Å². The van der Waals surface area contributed by atoms with Crippen molar-refractivity contribution in [2.75, 3.05) is 12.4 Å². The van der Waals surface area contributed by atoms with E-state index in [1.165, 1.54) is 0 Å². The van der Waals surface area contributed by atoms with E-state index in [4.69, 9.17) is 4.42 Å². The molecule has 0 aliphatic carbocycles. The van der Waals surface area contributed by atoms with Crippen molar-refractivity contribution in [2.24, 2.45) is 0 Å². The molecule has 5 aromatic rings. The quantitative estimate of drug-likeness (QED) is 0.367. The maximum absolute atomic E-state index is 14.6. The van der Waals surface area contributed by atoms with Gasteiger partial charge < -0.3 is 9.73 Å². The zero-order chi connectivity index (χ0) is 23.8. The van der Waals surface area contributed by atoms with Crippen LogP contribution in [0.15, 0.2) is 46.9 Å². The predicted molar refractivity (Wildman–Crippen MR) is 112 cm³/mol. The first-order chi connectivity index (χ1) is 16.4. The molecule has 3 aromatic heterocycles. The minimum Gasteiger partial charge on any atom is -0.415 e. The molecule has 0 radical (unpaired) electrons. The van der Waals surface area contributed by atoms with Crippen LogP contribution < -0.4 is 5.32 Å². The van der Waals surface area contributed by atoms with Crippen LogP contribution in [0.5, 0.6) is 0 Å². The maximum atomic E-state index is 14.6. The van der Waals surface area contributed by atoms with Crippen LogP contribution in [0.1, 0.15) is 17.9 Å². The summed E-state index contributed by atoms with van der Waals surface area (Å²) in [7, 11) is 1.78. The van der Waals surface area contributed by atoms with Crippen molar-refractivity contribution in [1.82, 2.24) is 35.4 Å². The van der Waals surface area contributed by atoms with Crippen molar-refractivity contribution in [2.45, 2.75) is 13.0 Å². The number of nitrogens with zero attached hydrogens (tertiary/aromatic N) is 7. The Hall–Kier alpha value is -4.42. The zero-order valence-corrected chi connectivity index (χ0v) is 17.4. The molecule has 0 aliphatic rings. The lowest BCUT2D eigenvalue weighted by Gasteiger charge is -2.05. The molecule has 0 saturated carbocycles. The average Bonchev–Trinajstić information content (AvgIpc) is 3.51. The lowest BCUT2D eigenvalue weighted by molar-refractivity contribution is 0.116. The maximum Gasteiger partial charge on any atom is 0.314 e. The van der Waals surface area contributed by atoms with Crippen LogP contribution in [0.25, 0.3) is 33.7 Å². The second kappa shape index (κ2) is 8.50. The molecule has 0 amide bonds. The van der Waals surface area contributed by atoms with Gasteiger partial charge in [-0.1, -0.05) is 0 Å². The highest BCUT2D eigenvalue weighted by molar-refractivity contribution is 5.84. The summed E-state index contributed by atoms with van der Waals surface area (Å²) in [6, 6.07) is 10.9. The number of hydrogen-bond donors (Lipinski definition) is 1. The molecular weight excluding hydrogens is 456 g/mol. The number of halogens is 4. The van der Waals surface area contributed by atoms with Crippen LogP contribution in [-0.4, -0.2) is 42.4 Å². The number of hydrogen-bond acceptors (Lipinski definition) is 8.